The van der Waals surface area contributed by atoms with Gasteiger partial charge in [0.05, 0.1) is 11.4 Å². The van der Waals surface area contributed by atoms with Crippen molar-refractivity contribution in [2.24, 2.45) is 18.9 Å². The third-order valence-corrected chi connectivity index (χ3v) is 3.89. The SMILES string of the molecule is Cc1nn(C)cc1N1C(=O)C(C(C)C)NC(=O)C1C(C)C. The van der Waals surface area contributed by atoms with Crippen molar-refractivity contribution in [3.63, 3.8) is 0 Å². The number of amides is 2. The molecule has 2 unspecified atom stereocenters. The van der Waals surface area contributed by atoms with Crippen LogP contribution in [0.15, 0.2) is 6.20 Å². The molecule has 2 heterocycles. The minimum atomic E-state index is -0.490. The maximum atomic E-state index is 12.9. The number of aryl methyl sites for hydroxylation is 2. The van der Waals surface area contributed by atoms with Crippen molar-refractivity contribution < 1.29 is 9.59 Å². The normalized spacial score (nSPS) is 23.1. The predicted molar refractivity (Wildman–Crippen MR) is 80.8 cm³/mol. The number of hydrogen-bond acceptors (Lipinski definition) is 3. The van der Waals surface area contributed by atoms with E-state index in [1.54, 1.807) is 15.8 Å². The van der Waals surface area contributed by atoms with E-state index in [0.29, 0.717) is 0 Å². The molecule has 1 fully saturated rings. The molecule has 0 radical (unpaired) electrons. The second kappa shape index (κ2) is 5.50. The van der Waals surface area contributed by atoms with Crippen LogP contribution >= 0.6 is 0 Å². The van der Waals surface area contributed by atoms with Crippen molar-refractivity contribution in [1.82, 2.24) is 15.1 Å². The summed E-state index contributed by atoms with van der Waals surface area (Å²) in [6.45, 7) is 9.63. The highest BCUT2D eigenvalue weighted by atomic mass is 16.2. The molecule has 21 heavy (non-hydrogen) atoms. The third-order valence-electron chi connectivity index (χ3n) is 3.89. The van der Waals surface area contributed by atoms with Crippen LogP contribution in [-0.2, 0) is 16.6 Å². The number of carbonyl (C=O) groups is 2. The lowest BCUT2D eigenvalue weighted by Crippen LogP contribution is -2.66. The first kappa shape index (κ1) is 15.5. The monoisotopic (exact) mass is 292 g/mol. The highest BCUT2D eigenvalue weighted by Crippen LogP contribution is 2.29. The van der Waals surface area contributed by atoms with E-state index in [4.69, 9.17) is 0 Å². The highest BCUT2D eigenvalue weighted by molar-refractivity contribution is 6.08. The van der Waals surface area contributed by atoms with Crippen LogP contribution in [-0.4, -0.2) is 33.7 Å². The van der Waals surface area contributed by atoms with Crippen LogP contribution in [0.1, 0.15) is 33.4 Å². The Morgan fingerprint density at radius 3 is 2.24 bits per heavy atom. The molecule has 2 rings (SSSR count). The first-order chi connectivity index (χ1) is 9.73. The average Bonchev–Trinajstić information content (AvgIpc) is 2.69. The van der Waals surface area contributed by atoms with E-state index >= 15 is 0 Å². The molecule has 116 valence electrons. The predicted octanol–water partition coefficient (Wildman–Crippen LogP) is 1.24. The van der Waals surface area contributed by atoms with Crippen molar-refractivity contribution >= 4 is 17.5 Å². The number of piperazine rings is 1. The Bertz CT molecular complexity index is 562. The molecule has 0 saturated carbocycles. The standard InChI is InChI=1S/C15H24N4O2/c1-8(2)12-15(21)19(11-7-18(6)17-10(11)5)13(9(3)4)14(20)16-12/h7-9,12-13H,1-6H3,(H,16,20). The quantitative estimate of drug-likeness (QED) is 0.911. The van der Waals surface area contributed by atoms with Gasteiger partial charge in [-0.05, 0) is 18.8 Å². The van der Waals surface area contributed by atoms with Gasteiger partial charge in [0, 0.05) is 13.2 Å². The summed E-state index contributed by atoms with van der Waals surface area (Å²) in [5.41, 5.74) is 1.48. The molecule has 0 aliphatic carbocycles. The Morgan fingerprint density at radius 1 is 1.19 bits per heavy atom. The molecule has 6 heteroatoms. The van der Waals surface area contributed by atoms with Gasteiger partial charge in [0.25, 0.3) is 5.91 Å². The van der Waals surface area contributed by atoms with Gasteiger partial charge in [-0.25, -0.2) is 0 Å². The van der Waals surface area contributed by atoms with E-state index in [-0.39, 0.29) is 23.7 Å². The first-order valence-corrected chi connectivity index (χ1v) is 7.37. The van der Waals surface area contributed by atoms with Crippen LogP contribution in [0.2, 0.25) is 0 Å². The zero-order chi connectivity index (χ0) is 15.9. The van der Waals surface area contributed by atoms with E-state index in [0.717, 1.165) is 11.4 Å². The van der Waals surface area contributed by atoms with Crippen molar-refractivity contribution in [1.29, 1.82) is 0 Å². The summed E-state index contributed by atoms with van der Waals surface area (Å²) in [4.78, 5) is 27.0. The average molecular weight is 292 g/mol. The molecule has 1 aromatic rings. The number of nitrogens with one attached hydrogen (secondary N) is 1. The van der Waals surface area contributed by atoms with Gasteiger partial charge in [-0.15, -0.1) is 0 Å². The van der Waals surface area contributed by atoms with E-state index in [2.05, 4.69) is 10.4 Å². The van der Waals surface area contributed by atoms with Crippen molar-refractivity contribution in [3.05, 3.63) is 11.9 Å². The number of anilines is 1. The van der Waals surface area contributed by atoms with Crippen molar-refractivity contribution in [2.75, 3.05) is 4.90 Å². The molecule has 0 spiro atoms. The Morgan fingerprint density at radius 2 is 1.81 bits per heavy atom. The van der Waals surface area contributed by atoms with E-state index in [9.17, 15) is 9.59 Å². The fraction of sp³-hybridized carbons (Fsp3) is 0.667. The lowest BCUT2D eigenvalue weighted by molar-refractivity contribution is -0.135. The minimum Gasteiger partial charge on any atom is -0.342 e. The molecular weight excluding hydrogens is 268 g/mol. The lowest BCUT2D eigenvalue weighted by atomic mass is 9.92. The number of hydrogen-bond donors (Lipinski definition) is 1. The maximum Gasteiger partial charge on any atom is 0.250 e. The van der Waals surface area contributed by atoms with E-state index in [1.165, 1.54) is 0 Å². The molecule has 1 aromatic heterocycles. The topological polar surface area (TPSA) is 67.2 Å². The Balaban J connectivity index is 2.51. The molecule has 1 aliphatic rings. The number of rotatable bonds is 3. The zero-order valence-electron chi connectivity index (χ0n) is 13.5. The van der Waals surface area contributed by atoms with Gasteiger partial charge in [-0.1, -0.05) is 27.7 Å². The molecule has 1 aliphatic heterocycles. The van der Waals surface area contributed by atoms with Crippen LogP contribution < -0.4 is 10.2 Å². The lowest BCUT2D eigenvalue weighted by Gasteiger charge is -2.41. The van der Waals surface area contributed by atoms with Crippen LogP contribution in [0.3, 0.4) is 0 Å². The Kier molecular flexibility index (Phi) is 4.07. The number of nitrogens with zero attached hydrogens (tertiary/aromatic N) is 3. The third kappa shape index (κ3) is 2.66. The molecule has 0 aromatic carbocycles. The second-order valence-electron chi connectivity index (χ2n) is 6.40. The summed E-state index contributed by atoms with van der Waals surface area (Å²) in [5.74, 6) is -0.0679. The van der Waals surface area contributed by atoms with Gasteiger partial charge in [-0.3, -0.25) is 19.2 Å². The highest BCUT2D eigenvalue weighted by Gasteiger charge is 2.44. The van der Waals surface area contributed by atoms with Gasteiger partial charge in [0.1, 0.15) is 12.1 Å². The Labute approximate surface area is 125 Å². The molecule has 2 atom stereocenters. The van der Waals surface area contributed by atoms with Crippen LogP contribution in [0, 0.1) is 18.8 Å². The van der Waals surface area contributed by atoms with E-state index < -0.39 is 12.1 Å². The summed E-state index contributed by atoms with van der Waals surface area (Å²) >= 11 is 0. The summed E-state index contributed by atoms with van der Waals surface area (Å²) < 4.78 is 1.67. The van der Waals surface area contributed by atoms with Crippen LogP contribution in [0.5, 0.6) is 0 Å². The minimum absolute atomic E-state index is 0.0293. The maximum absolute atomic E-state index is 12.9. The van der Waals surface area contributed by atoms with Gasteiger partial charge in [0.15, 0.2) is 0 Å². The summed E-state index contributed by atoms with van der Waals surface area (Å²) in [6.07, 6.45) is 1.80. The summed E-state index contributed by atoms with van der Waals surface area (Å²) in [6, 6.07) is -0.970. The smallest absolute Gasteiger partial charge is 0.250 e. The Hall–Kier alpha value is -1.85. The summed E-state index contributed by atoms with van der Waals surface area (Å²) in [5, 5.41) is 7.17. The zero-order valence-corrected chi connectivity index (χ0v) is 13.5. The van der Waals surface area contributed by atoms with Crippen molar-refractivity contribution in [3.8, 4) is 0 Å². The second-order valence-corrected chi connectivity index (χ2v) is 6.40. The molecule has 2 amide bonds. The van der Waals surface area contributed by atoms with Gasteiger partial charge < -0.3 is 5.32 Å². The van der Waals surface area contributed by atoms with E-state index in [1.807, 2.05) is 41.7 Å². The fourth-order valence-corrected chi connectivity index (χ4v) is 2.85. The fourth-order valence-electron chi connectivity index (χ4n) is 2.85. The van der Waals surface area contributed by atoms with Crippen molar-refractivity contribution in [2.45, 2.75) is 46.7 Å². The molecule has 6 nitrogen and oxygen atoms in total. The summed E-state index contributed by atoms with van der Waals surface area (Å²) in [7, 11) is 1.81. The van der Waals surface area contributed by atoms with Crippen LogP contribution in [0.25, 0.3) is 0 Å². The number of aromatic nitrogens is 2. The van der Waals surface area contributed by atoms with Gasteiger partial charge in [-0.2, -0.15) is 5.10 Å². The molecule has 0 bridgehead atoms. The molecule has 1 saturated heterocycles. The number of carbonyl (C=O) groups excluding carboxylic acids is 2. The van der Waals surface area contributed by atoms with Gasteiger partial charge in [0.2, 0.25) is 5.91 Å². The van der Waals surface area contributed by atoms with Crippen LogP contribution in [0.4, 0.5) is 5.69 Å². The molecular formula is C15H24N4O2. The molecule has 1 N–H and O–H groups in total. The van der Waals surface area contributed by atoms with Gasteiger partial charge >= 0.3 is 0 Å². The first-order valence-electron chi connectivity index (χ1n) is 7.37. The largest absolute Gasteiger partial charge is 0.342 e.